The van der Waals surface area contributed by atoms with E-state index in [1.807, 2.05) is 0 Å². The van der Waals surface area contributed by atoms with E-state index in [1.165, 1.54) is 25.0 Å². The first kappa shape index (κ1) is 14.3. The molecule has 0 spiro atoms. The van der Waals surface area contributed by atoms with Crippen molar-refractivity contribution in [3.05, 3.63) is 29.6 Å². The van der Waals surface area contributed by atoms with Crippen LogP contribution < -0.4 is 5.32 Å². The first-order valence-electron chi connectivity index (χ1n) is 7.26. The zero-order valence-corrected chi connectivity index (χ0v) is 11.7. The van der Waals surface area contributed by atoms with Gasteiger partial charge in [0.2, 0.25) is 0 Å². The van der Waals surface area contributed by atoms with E-state index < -0.39 is 11.8 Å². The summed E-state index contributed by atoms with van der Waals surface area (Å²) in [6, 6.07) is 4.63. The van der Waals surface area contributed by atoms with E-state index in [4.69, 9.17) is 9.84 Å². The van der Waals surface area contributed by atoms with Gasteiger partial charge in [0, 0.05) is 24.8 Å². The number of morpholine rings is 1. The number of carboxylic acids is 1. The maximum atomic E-state index is 13.6. The lowest BCUT2D eigenvalue weighted by Gasteiger charge is -2.35. The first-order valence-corrected chi connectivity index (χ1v) is 7.26. The molecule has 2 atom stereocenters. The molecule has 2 aliphatic rings. The van der Waals surface area contributed by atoms with Gasteiger partial charge in [0.25, 0.3) is 0 Å². The van der Waals surface area contributed by atoms with Crippen LogP contribution in [0.15, 0.2) is 18.2 Å². The Kier molecular flexibility index (Phi) is 4.07. The third-order valence-electron chi connectivity index (χ3n) is 4.19. The zero-order chi connectivity index (χ0) is 14.8. The van der Waals surface area contributed by atoms with E-state index in [0.717, 1.165) is 19.7 Å². The second-order valence-corrected chi connectivity index (χ2v) is 5.63. The standard InChI is InChI=1S/C15H19FN2O3/c16-14-6-10(3-4-13(14)15(19)20)17-7-12-8-18-5-1-2-11(18)9-21-12/h3-4,6,11-12,17H,1-2,5,7-9H2,(H,19,20). The number of benzene rings is 1. The van der Waals surface area contributed by atoms with Crippen molar-refractivity contribution in [2.45, 2.75) is 25.0 Å². The highest BCUT2D eigenvalue weighted by atomic mass is 19.1. The Morgan fingerprint density at radius 2 is 2.38 bits per heavy atom. The molecule has 5 nitrogen and oxygen atoms in total. The number of nitrogens with one attached hydrogen (secondary N) is 1. The molecule has 21 heavy (non-hydrogen) atoms. The molecule has 3 rings (SSSR count). The zero-order valence-electron chi connectivity index (χ0n) is 11.7. The van der Waals surface area contributed by atoms with Crippen molar-refractivity contribution >= 4 is 11.7 Å². The number of rotatable bonds is 4. The average molecular weight is 294 g/mol. The molecule has 2 aliphatic heterocycles. The third-order valence-corrected chi connectivity index (χ3v) is 4.19. The molecule has 0 radical (unpaired) electrons. The molecule has 2 N–H and O–H groups in total. The van der Waals surface area contributed by atoms with Crippen LogP contribution in [-0.2, 0) is 4.74 Å². The van der Waals surface area contributed by atoms with Crippen LogP contribution in [0.3, 0.4) is 0 Å². The van der Waals surface area contributed by atoms with Gasteiger partial charge < -0.3 is 15.2 Å². The van der Waals surface area contributed by atoms with Crippen molar-refractivity contribution in [1.82, 2.24) is 4.90 Å². The van der Waals surface area contributed by atoms with Gasteiger partial charge in [-0.15, -0.1) is 0 Å². The molecule has 2 saturated heterocycles. The lowest BCUT2D eigenvalue weighted by molar-refractivity contribution is -0.0415. The number of ether oxygens (including phenoxy) is 1. The normalized spacial score (nSPS) is 25.6. The lowest BCUT2D eigenvalue weighted by atomic mass is 10.1. The molecule has 6 heteroatoms. The summed E-state index contributed by atoms with van der Waals surface area (Å²) in [5.74, 6) is -1.98. The molecular weight excluding hydrogens is 275 g/mol. The monoisotopic (exact) mass is 294 g/mol. The van der Waals surface area contributed by atoms with E-state index in [1.54, 1.807) is 6.07 Å². The van der Waals surface area contributed by atoms with Crippen LogP contribution in [0.1, 0.15) is 23.2 Å². The summed E-state index contributed by atoms with van der Waals surface area (Å²) in [6.07, 6.45) is 2.53. The van der Waals surface area contributed by atoms with Crippen molar-refractivity contribution in [1.29, 1.82) is 0 Å². The predicted octanol–water partition coefficient (Wildman–Crippen LogP) is 1.80. The highest BCUT2D eigenvalue weighted by molar-refractivity contribution is 5.88. The number of halogens is 1. The van der Waals surface area contributed by atoms with Gasteiger partial charge in [0.05, 0.1) is 18.3 Å². The molecule has 0 amide bonds. The quantitative estimate of drug-likeness (QED) is 0.886. The van der Waals surface area contributed by atoms with Crippen LogP contribution in [-0.4, -0.2) is 54.4 Å². The van der Waals surface area contributed by atoms with Gasteiger partial charge in [-0.1, -0.05) is 0 Å². The van der Waals surface area contributed by atoms with Gasteiger partial charge in [-0.05, 0) is 37.6 Å². The Hall–Kier alpha value is -1.66. The fourth-order valence-electron chi connectivity index (χ4n) is 3.04. The fraction of sp³-hybridized carbons (Fsp3) is 0.533. The Morgan fingerprint density at radius 1 is 1.52 bits per heavy atom. The minimum atomic E-state index is -1.25. The molecule has 0 aliphatic carbocycles. The van der Waals surface area contributed by atoms with E-state index in [9.17, 15) is 9.18 Å². The maximum Gasteiger partial charge on any atom is 0.338 e. The van der Waals surface area contributed by atoms with Crippen molar-refractivity contribution in [3.8, 4) is 0 Å². The number of carbonyl (C=O) groups is 1. The van der Waals surface area contributed by atoms with Crippen LogP contribution in [0, 0.1) is 5.82 Å². The number of carboxylic acid groups (broad SMARTS) is 1. The number of anilines is 1. The molecule has 114 valence electrons. The molecule has 0 bridgehead atoms. The summed E-state index contributed by atoms with van der Waals surface area (Å²) >= 11 is 0. The predicted molar refractivity (Wildman–Crippen MR) is 76.2 cm³/mol. The van der Waals surface area contributed by atoms with Crippen LogP contribution in [0.4, 0.5) is 10.1 Å². The summed E-state index contributed by atoms with van der Waals surface area (Å²) in [5, 5.41) is 11.9. The van der Waals surface area contributed by atoms with Crippen molar-refractivity contribution < 1.29 is 19.0 Å². The second kappa shape index (κ2) is 5.99. The molecule has 2 heterocycles. The van der Waals surface area contributed by atoms with Gasteiger partial charge in [0.1, 0.15) is 5.82 Å². The summed E-state index contributed by atoms with van der Waals surface area (Å²) in [7, 11) is 0. The van der Waals surface area contributed by atoms with E-state index in [-0.39, 0.29) is 11.7 Å². The topological polar surface area (TPSA) is 61.8 Å². The number of hydrogen-bond donors (Lipinski definition) is 2. The maximum absolute atomic E-state index is 13.6. The van der Waals surface area contributed by atoms with Crippen molar-refractivity contribution in [2.24, 2.45) is 0 Å². The van der Waals surface area contributed by atoms with E-state index >= 15 is 0 Å². The summed E-state index contributed by atoms with van der Waals surface area (Å²) < 4.78 is 19.4. The van der Waals surface area contributed by atoms with Gasteiger partial charge in [-0.2, -0.15) is 0 Å². The SMILES string of the molecule is O=C(O)c1ccc(NCC2CN3CCCC3CO2)cc1F. The molecule has 1 aromatic rings. The highest BCUT2D eigenvalue weighted by Gasteiger charge is 2.31. The molecule has 0 saturated carbocycles. The summed E-state index contributed by atoms with van der Waals surface area (Å²) in [5.41, 5.74) is 0.263. The van der Waals surface area contributed by atoms with Crippen molar-refractivity contribution in [2.75, 3.05) is 31.6 Å². The Morgan fingerprint density at radius 3 is 3.14 bits per heavy atom. The fourth-order valence-corrected chi connectivity index (χ4v) is 3.04. The second-order valence-electron chi connectivity index (χ2n) is 5.63. The molecule has 0 aromatic heterocycles. The molecule has 2 unspecified atom stereocenters. The summed E-state index contributed by atoms with van der Waals surface area (Å²) in [6.45, 7) is 3.38. The van der Waals surface area contributed by atoms with Crippen molar-refractivity contribution in [3.63, 3.8) is 0 Å². The van der Waals surface area contributed by atoms with E-state index in [0.29, 0.717) is 18.3 Å². The van der Waals surface area contributed by atoms with Crippen LogP contribution in [0.25, 0.3) is 0 Å². The highest BCUT2D eigenvalue weighted by Crippen LogP contribution is 2.23. The number of aromatic carboxylic acids is 1. The Balaban J connectivity index is 1.55. The van der Waals surface area contributed by atoms with Crippen LogP contribution >= 0.6 is 0 Å². The van der Waals surface area contributed by atoms with Gasteiger partial charge in [-0.3, -0.25) is 4.90 Å². The summed E-state index contributed by atoms with van der Waals surface area (Å²) in [4.78, 5) is 13.2. The van der Waals surface area contributed by atoms with Gasteiger partial charge >= 0.3 is 5.97 Å². The van der Waals surface area contributed by atoms with Crippen LogP contribution in [0.5, 0.6) is 0 Å². The Bertz CT molecular complexity index is 538. The van der Waals surface area contributed by atoms with Gasteiger partial charge in [0.15, 0.2) is 0 Å². The van der Waals surface area contributed by atoms with Crippen LogP contribution in [0.2, 0.25) is 0 Å². The molecule has 2 fully saturated rings. The number of hydrogen-bond acceptors (Lipinski definition) is 4. The number of fused-ring (bicyclic) bond motifs is 1. The minimum absolute atomic E-state index is 0.0848. The Labute approximate surface area is 122 Å². The van der Waals surface area contributed by atoms with E-state index in [2.05, 4.69) is 10.2 Å². The third kappa shape index (κ3) is 3.16. The van der Waals surface area contributed by atoms with Gasteiger partial charge in [-0.25, -0.2) is 9.18 Å². The average Bonchev–Trinajstić information content (AvgIpc) is 2.92. The lowest BCUT2D eigenvalue weighted by Crippen LogP contribution is -2.48. The number of nitrogens with zero attached hydrogens (tertiary/aromatic N) is 1. The molecule has 1 aromatic carbocycles. The minimum Gasteiger partial charge on any atom is -0.478 e. The smallest absolute Gasteiger partial charge is 0.338 e. The molecular formula is C15H19FN2O3. The first-order chi connectivity index (χ1) is 10.1. The largest absolute Gasteiger partial charge is 0.478 e.